The van der Waals surface area contributed by atoms with Crippen molar-refractivity contribution < 1.29 is 28.6 Å². The fraction of sp³-hybridized carbons (Fsp3) is 0.364. The van der Waals surface area contributed by atoms with Crippen LogP contribution < -0.4 is 10.1 Å². The molecule has 0 bridgehead atoms. The van der Waals surface area contributed by atoms with Crippen LogP contribution in [0.15, 0.2) is 42.5 Å². The molecule has 0 spiro atoms. The number of amides is 1. The summed E-state index contributed by atoms with van der Waals surface area (Å²) >= 11 is 0. The Labute approximate surface area is 168 Å². The van der Waals surface area contributed by atoms with Crippen molar-refractivity contribution in [2.24, 2.45) is 0 Å². The van der Waals surface area contributed by atoms with Crippen LogP contribution in [0.2, 0.25) is 0 Å². The number of nitrogens with one attached hydrogen (secondary N) is 1. The second-order valence-corrected chi connectivity index (χ2v) is 7.58. The third-order valence-corrected chi connectivity index (χ3v) is 5.14. The first-order chi connectivity index (χ1) is 13.7. The second kappa shape index (κ2) is 8.21. The highest BCUT2D eigenvalue weighted by Gasteiger charge is 2.40. The maximum Gasteiger partial charge on any atom is 0.335 e. The molecular weight excluding hydrogens is 377 g/mol. The van der Waals surface area contributed by atoms with E-state index in [9.17, 15) is 19.1 Å². The lowest BCUT2D eigenvalue weighted by Crippen LogP contribution is -2.50. The number of hydrogen-bond donors (Lipinski definition) is 2. The highest BCUT2D eigenvalue weighted by Crippen LogP contribution is 2.45. The monoisotopic (exact) mass is 401 g/mol. The molecule has 0 aromatic heterocycles. The number of carboxylic acid groups (broad SMARTS) is 1. The second-order valence-electron chi connectivity index (χ2n) is 7.58. The summed E-state index contributed by atoms with van der Waals surface area (Å²) < 4.78 is 25.1. The summed E-state index contributed by atoms with van der Waals surface area (Å²) in [6, 6.07) is 10.6. The molecule has 1 fully saturated rings. The van der Waals surface area contributed by atoms with Crippen molar-refractivity contribution in [3.05, 3.63) is 65.0 Å². The van der Waals surface area contributed by atoms with Crippen molar-refractivity contribution in [3.63, 3.8) is 0 Å². The van der Waals surface area contributed by atoms with E-state index in [2.05, 4.69) is 5.32 Å². The maximum absolute atomic E-state index is 13.4. The fourth-order valence-corrected chi connectivity index (χ4v) is 3.90. The van der Waals surface area contributed by atoms with Crippen LogP contribution in [-0.4, -0.2) is 29.6 Å². The van der Waals surface area contributed by atoms with Crippen LogP contribution in [0.3, 0.4) is 0 Å². The Bertz CT molecular complexity index is 914. The number of aromatic carboxylic acids is 1. The predicted octanol–water partition coefficient (Wildman–Crippen LogP) is 4.02. The topological polar surface area (TPSA) is 84.9 Å². The van der Waals surface area contributed by atoms with Gasteiger partial charge in [0.25, 0.3) is 0 Å². The quantitative estimate of drug-likeness (QED) is 0.791. The van der Waals surface area contributed by atoms with Crippen molar-refractivity contribution >= 4 is 11.9 Å². The van der Waals surface area contributed by atoms with Gasteiger partial charge in [0.05, 0.1) is 24.9 Å². The number of benzene rings is 2. The lowest BCUT2D eigenvalue weighted by molar-refractivity contribution is -0.126. The van der Waals surface area contributed by atoms with Crippen molar-refractivity contribution in [3.8, 4) is 5.75 Å². The number of carbonyl (C=O) groups excluding carboxylic acids is 1. The summed E-state index contributed by atoms with van der Waals surface area (Å²) in [5, 5.41) is 12.4. The van der Waals surface area contributed by atoms with Gasteiger partial charge in [-0.05, 0) is 42.8 Å². The van der Waals surface area contributed by atoms with Crippen molar-refractivity contribution in [1.82, 2.24) is 5.32 Å². The van der Waals surface area contributed by atoms with Gasteiger partial charge < -0.3 is 19.9 Å². The molecule has 1 saturated heterocycles. The molecule has 0 aliphatic carbocycles. The Hall–Kier alpha value is -2.93. The van der Waals surface area contributed by atoms with E-state index in [1.807, 2.05) is 6.92 Å². The Morgan fingerprint density at radius 1 is 1.17 bits per heavy atom. The van der Waals surface area contributed by atoms with Gasteiger partial charge >= 0.3 is 5.97 Å². The third-order valence-electron chi connectivity index (χ3n) is 5.14. The molecule has 2 aromatic carbocycles. The van der Waals surface area contributed by atoms with Crippen LogP contribution in [-0.2, 0) is 9.53 Å². The molecule has 154 valence electrons. The molecule has 1 amide bonds. The SMILES string of the molecule is COc1ccc(C(=O)O)cc1[C@H]1C[C@@](C)(NC(C)=O)C[C@@H](c2ccc(F)cc2)O1. The minimum atomic E-state index is -1.05. The van der Waals surface area contributed by atoms with E-state index < -0.39 is 23.7 Å². The highest BCUT2D eigenvalue weighted by atomic mass is 19.1. The van der Waals surface area contributed by atoms with Gasteiger partial charge in [0.2, 0.25) is 5.91 Å². The molecule has 0 unspecified atom stereocenters. The van der Waals surface area contributed by atoms with Crippen LogP contribution >= 0.6 is 0 Å². The lowest BCUT2D eigenvalue weighted by Gasteiger charge is -2.43. The van der Waals surface area contributed by atoms with E-state index in [0.717, 1.165) is 5.56 Å². The van der Waals surface area contributed by atoms with Crippen LogP contribution in [0, 0.1) is 5.82 Å². The molecule has 0 saturated carbocycles. The Balaban J connectivity index is 2.03. The number of carbonyl (C=O) groups is 2. The fourth-order valence-electron chi connectivity index (χ4n) is 3.90. The van der Waals surface area contributed by atoms with Gasteiger partial charge in [-0.3, -0.25) is 4.79 Å². The summed E-state index contributed by atoms with van der Waals surface area (Å²) in [4.78, 5) is 23.3. The number of rotatable bonds is 5. The number of ether oxygens (including phenoxy) is 2. The summed E-state index contributed by atoms with van der Waals surface area (Å²) in [6.07, 6.45) is -0.00592. The molecule has 3 rings (SSSR count). The van der Waals surface area contributed by atoms with Crippen LogP contribution in [0.5, 0.6) is 5.75 Å². The molecule has 1 aliphatic rings. The Morgan fingerprint density at radius 3 is 2.41 bits per heavy atom. The first-order valence-electron chi connectivity index (χ1n) is 9.31. The van der Waals surface area contributed by atoms with E-state index in [0.29, 0.717) is 24.2 Å². The highest BCUT2D eigenvalue weighted by molar-refractivity contribution is 5.88. The number of halogens is 1. The van der Waals surface area contributed by atoms with Crippen LogP contribution in [0.25, 0.3) is 0 Å². The first kappa shape index (κ1) is 20.8. The molecule has 6 nitrogen and oxygen atoms in total. The normalized spacial score (nSPS) is 24.0. The lowest BCUT2D eigenvalue weighted by atomic mass is 9.81. The number of carboxylic acids is 1. The third kappa shape index (κ3) is 4.74. The minimum absolute atomic E-state index is 0.120. The largest absolute Gasteiger partial charge is 0.496 e. The van der Waals surface area contributed by atoms with Crippen LogP contribution in [0.1, 0.15) is 60.4 Å². The Kier molecular flexibility index (Phi) is 5.88. The summed E-state index contributed by atoms with van der Waals surface area (Å²) in [6.45, 7) is 3.38. The molecule has 1 aliphatic heterocycles. The van der Waals surface area contributed by atoms with E-state index in [-0.39, 0.29) is 17.3 Å². The van der Waals surface area contributed by atoms with Gasteiger partial charge in [0.1, 0.15) is 11.6 Å². The van der Waals surface area contributed by atoms with Gasteiger partial charge in [-0.25, -0.2) is 9.18 Å². The molecule has 2 N–H and O–H groups in total. The van der Waals surface area contributed by atoms with Gasteiger partial charge in [-0.2, -0.15) is 0 Å². The average Bonchev–Trinajstić information content (AvgIpc) is 2.66. The smallest absolute Gasteiger partial charge is 0.335 e. The minimum Gasteiger partial charge on any atom is -0.496 e. The molecular formula is C22H24FNO5. The summed E-state index contributed by atoms with van der Waals surface area (Å²) in [5.74, 6) is -1.06. The molecule has 2 aromatic rings. The molecule has 1 heterocycles. The first-order valence-corrected chi connectivity index (χ1v) is 9.31. The van der Waals surface area contributed by atoms with E-state index >= 15 is 0 Å². The molecule has 29 heavy (non-hydrogen) atoms. The van der Waals surface area contributed by atoms with Crippen molar-refractivity contribution in [1.29, 1.82) is 0 Å². The average molecular weight is 401 g/mol. The van der Waals surface area contributed by atoms with Gasteiger partial charge in [-0.15, -0.1) is 0 Å². The van der Waals surface area contributed by atoms with Gasteiger partial charge in [0.15, 0.2) is 0 Å². The molecule has 7 heteroatoms. The van der Waals surface area contributed by atoms with Gasteiger partial charge in [-0.1, -0.05) is 12.1 Å². The van der Waals surface area contributed by atoms with E-state index in [1.165, 1.54) is 38.3 Å². The van der Waals surface area contributed by atoms with Crippen molar-refractivity contribution in [2.45, 2.75) is 44.4 Å². The van der Waals surface area contributed by atoms with Crippen molar-refractivity contribution in [2.75, 3.05) is 7.11 Å². The van der Waals surface area contributed by atoms with Crippen LogP contribution in [0.4, 0.5) is 4.39 Å². The summed E-state index contributed by atoms with van der Waals surface area (Å²) in [7, 11) is 1.51. The van der Waals surface area contributed by atoms with E-state index in [4.69, 9.17) is 9.47 Å². The number of hydrogen-bond acceptors (Lipinski definition) is 4. The maximum atomic E-state index is 13.4. The number of methoxy groups -OCH3 is 1. The van der Waals surface area contributed by atoms with E-state index in [1.54, 1.807) is 18.2 Å². The zero-order chi connectivity index (χ0) is 21.2. The summed E-state index contributed by atoms with van der Waals surface area (Å²) in [5.41, 5.74) is 0.893. The molecule has 3 atom stereocenters. The standard InChI is InChI=1S/C22H24FNO5/c1-13(25)24-22(2)11-19(14-4-7-16(23)8-5-14)29-20(12-22)17-10-15(21(26)27)6-9-18(17)28-3/h4-10,19-20H,11-12H2,1-3H3,(H,24,25)(H,26,27)/t19-,20+,22-/m0/s1. The Morgan fingerprint density at radius 2 is 1.83 bits per heavy atom. The van der Waals surface area contributed by atoms with Gasteiger partial charge in [0, 0.05) is 30.9 Å². The predicted molar refractivity (Wildman–Crippen MR) is 104 cm³/mol. The zero-order valence-electron chi connectivity index (χ0n) is 16.6. The molecule has 0 radical (unpaired) electrons. The zero-order valence-corrected chi connectivity index (χ0v) is 16.6.